The van der Waals surface area contributed by atoms with Crippen molar-refractivity contribution >= 4 is 5.91 Å². The first-order valence-electron chi connectivity index (χ1n) is 7.50. The molecule has 0 unspecified atom stereocenters. The summed E-state index contributed by atoms with van der Waals surface area (Å²) in [6.07, 6.45) is 4.06. The van der Waals surface area contributed by atoms with Gasteiger partial charge >= 0.3 is 0 Å². The first-order chi connectivity index (χ1) is 10.8. The Morgan fingerprint density at radius 2 is 2.18 bits per heavy atom. The summed E-state index contributed by atoms with van der Waals surface area (Å²) < 4.78 is 11.4. The highest BCUT2D eigenvalue weighted by Gasteiger charge is 2.28. The minimum atomic E-state index is -0.128. The molecule has 5 nitrogen and oxygen atoms in total. The van der Waals surface area contributed by atoms with Crippen LogP contribution in [0.25, 0.3) is 0 Å². The van der Waals surface area contributed by atoms with Gasteiger partial charge in [0.05, 0.1) is 24.8 Å². The van der Waals surface area contributed by atoms with E-state index in [0.717, 1.165) is 12.0 Å². The van der Waals surface area contributed by atoms with Crippen LogP contribution in [0, 0.1) is 0 Å². The Bertz CT molecular complexity index is 583. The SMILES string of the molecule is O=C(N[C@@H]1CCOC[C@H]1OCc1ccccc1)c1cc[nH]c1. The first-order valence-corrected chi connectivity index (χ1v) is 7.50. The van der Waals surface area contributed by atoms with Crippen LogP contribution in [0.15, 0.2) is 48.8 Å². The van der Waals surface area contributed by atoms with Crippen LogP contribution in [0.4, 0.5) is 0 Å². The summed E-state index contributed by atoms with van der Waals surface area (Å²) in [5.74, 6) is -0.0820. The molecule has 22 heavy (non-hydrogen) atoms. The van der Waals surface area contributed by atoms with Gasteiger partial charge in [-0.05, 0) is 18.1 Å². The van der Waals surface area contributed by atoms with E-state index in [1.807, 2.05) is 30.3 Å². The Morgan fingerprint density at radius 1 is 1.32 bits per heavy atom. The number of aromatic nitrogens is 1. The third-order valence-corrected chi connectivity index (χ3v) is 3.79. The number of hydrogen-bond donors (Lipinski definition) is 2. The zero-order chi connectivity index (χ0) is 15.2. The second-order valence-corrected chi connectivity index (χ2v) is 5.38. The van der Waals surface area contributed by atoms with Crippen molar-refractivity contribution < 1.29 is 14.3 Å². The Balaban J connectivity index is 1.57. The maximum absolute atomic E-state index is 12.2. The molecule has 5 heteroatoms. The lowest BCUT2D eigenvalue weighted by atomic mass is 10.1. The molecule has 3 rings (SSSR count). The molecule has 0 saturated carbocycles. The number of carbonyl (C=O) groups is 1. The maximum atomic E-state index is 12.2. The summed E-state index contributed by atoms with van der Waals surface area (Å²) >= 11 is 0. The van der Waals surface area contributed by atoms with E-state index in [1.54, 1.807) is 18.5 Å². The van der Waals surface area contributed by atoms with Crippen molar-refractivity contribution in [1.82, 2.24) is 10.3 Å². The second kappa shape index (κ2) is 7.24. The summed E-state index contributed by atoms with van der Waals surface area (Å²) in [5.41, 5.74) is 1.75. The smallest absolute Gasteiger partial charge is 0.253 e. The van der Waals surface area contributed by atoms with Crippen molar-refractivity contribution in [2.45, 2.75) is 25.2 Å². The van der Waals surface area contributed by atoms with Crippen molar-refractivity contribution in [3.05, 3.63) is 59.9 Å². The molecular formula is C17H20N2O3. The number of H-pyrrole nitrogens is 1. The molecular weight excluding hydrogens is 280 g/mol. The minimum Gasteiger partial charge on any atom is -0.379 e. The van der Waals surface area contributed by atoms with Gasteiger partial charge < -0.3 is 19.8 Å². The number of aromatic amines is 1. The fourth-order valence-corrected chi connectivity index (χ4v) is 2.54. The fraction of sp³-hybridized carbons (Fsp3) is 0.353. The fourth-order valence-electron chi connectivity index (χ4n) is 2.54. The van der Waals surface area contributed by atoms with Gasteiger partial charge in [-0.2, -0.15) is 0 Å². The van der Waals surface area contributed by atoms with Crippen LogP contribution < -0.4 is 5.32 Å². The number of nitrogens with one attached hydrogen (secondary N) is 2. The predicted octanol–water partition coefficient (Wildman–Crippen LogP) is 2.12. The summed E-state index contributed by atoms with van der Waals surface area (Å²) in [6, 6.07) is 11.7. The van der Waals surface area contributed by atoms with E-state index in [0.29, 0.717) is 25.4 Å². The molecule has 2 heterocycles. The Kier molecular flexibility index (Phi) is 4.88. The Hall–Kier alpha value is -2.11. The van der Waals surface area contributed by atoms with Crippen LogP contribution >= 0.6 is 0 Å². The Labute approximate surface area is 129 Å². The maximum Gasteiger partial charge on any atom is 0.253 e. The standard InChI is InChI=1S/C17H20N2O3/c20-17(14-6-8-18-10-14)19-15-7-9-21-12-16(15)22-11-13-4-2-1-3-5-13/h1-6,8,10,15-16,18H,7,9,11-12H2,(H,19,20)/t15-,16-/m1/s1. The van der Waals surface area contributed by atoms with E-state index in [-0.39, 0.29) is 18.1 Å². The molecule has 2 atom stereocenters. The molecule has 0 bridgehead atoms. The molecule has 1 aliphatic rings. The quantitative estimate of drug-likeness (QED) is 0.889. The van der Waals surface area contributed by atoms with Crippen LogP contribution in [-0.4, -0.2) is 36.3 Å². The van der Waals surface area contributed by atoms with Crippen molar-refractivity contribution in [2.24, 2.45) is 0 Å². The van der Waals surface area contributed by atoms with E-state index in [1.165, 1.54) is 0 Å². The minimum absolute atomic E-state index is 0.0279. The van der Waals surface area contributed by atoms with Gasteiger partial charge in [0, 0.05) is 19.0 Å². The van der Waals surface area contributed by atoms with Crippen molar-refractivity contribution in [1.29, 1.82) is 0 Å². The molecule has 1 aliphatic heterocycles. The van der Waals surface area contributed by atoms with Gasteiger partial charge in [-0.3, -0.25) is 4.79 Å². The molecule has 0 spiro atoms. The van der Waals surface area contributed by atoms with Crippen LogP contribution in [0.5, 0.6) is 0 Å². The predicted molar refractivity (Wildman–Crippen MR) is 82.5 cm³/mol. The molecule has 1 aromatic carbocycles. The third kappa shape index (κ3) is 3.75. The molecule has 1 amide bonds. The summed E-state index contributed by atoms with van der Waals surface area (Å²) in [7, 11) is 0. The third-order valence-electron chi connectivity index (χ3n) is 3.79. The molecule has 0 radical (unpaired) electrons. The highest BCUT2D eigenvalue weighted by molar-refractivity contribution is 5.94. The van der Waals surface area contributed by atoms with Gasteiger partial charge in [0.2, 0.25) is 0 Å². The van der Waals surface area contributed by atoms with E-state index < -0.39 is 0 Å². The largest absolute Gasteiger partial charge is 0.379 e. The lowest BCUT2D eigenvalue weighted by Gasteiger charge is -2.32. The number of rotatable bonds is 5. The van der Waals surface area contributed by atoms with E-state index in [4.69, 9.17) is 9.47 Å². The topological polar surface area (TPSA) is 63.4 Å². The van der Waals surface area contributed by atoms with E-state index >= 15 is 0 Å². The second-order valence-electron chi connectivity index (χ2n) is 5.38. The summed E-state index contributed by atoms with van der Waals surface area (Å²) in [5, 5.41) is 3.04. The zero-order valence-electron chi connectivity index (χ0n) is 12.3. The van der Waals surface area contributed by atoms with Crippen LogP contribution in [0.1, 0.15) is 22.3 Å². The number of amides is 1. The Morgan fingerprint density at radius 3 is 2.95 bits per heavy atom. The molecule has 0 aliphatic carbocycles. The first kappa shape index (κ1) is 14.8. The molecule has 1 fully saturated rings. The molecule has 2 N–H and O–H groups in total. The summed E-state index contributed by atoms with van der Waals surface area (Å²) in [4.78, 5) is 15.1. The molecule has 1 aromatic heterocycles. The van der Waals surface area contributed by atoms with Gasteiger partial charge in [0.25, 0.3) is 5.91 Å². The van der Waals surface area contributed by atoms with Gasteiger partial charge in [0.1, 0.15) is 6.10 Å². The number of hydrogen-bond acceptors (Lipinski definition) is 3. The number of benzene rings is 1. The normalized spacial score (nSPS) is 21.5. The van der Waals surface area contributed by atoms with Gasteiger partial charge in [-0.15, -0.1) is 0 Å². The number of carbonyl (C=O) groups excluding carboxylic acids is 1. The monoisotopic (exact) mass is 300 g/mol. The van der Waals surface area contributed by atoms with E-state index in [2.05, 4.69) is 10.3 Å². The highest BCUT2D eigenvalue weighted by Crippen LogP contribution is 2.14. The lowest BCUT2D eigenvalue weighted by molar-refractivity contribution is -0.0736. The average Bonchev–Trinajstić information content (AvgIpc) is 3.10. The van der Waals surface area contributed by atoms with Gasteiger partial charge in [-0.25, -0.2) is 0 Å². The van der Waals surface area contributed by atoms with Crippen molar-refractivity contribution in [2.75, 3.05) is 13.2 Å². The van der Waals surface area contributed by atoms with Crippen molar-refractivity contribution in [3.63, 3.8) is 0 Å². The lowest BCUT2D eigenvalue weighted by Crippen LogP contribution is -2.49. The zero-order valence-corrected chi connectivity index (χ0v) is 12.3. The van der Waals surface area contributed by atoms with Crippen LogP contribution in [0.3, 0.4) is 0 Å². The molecule has 1 saturated heterocycles. The molecule has 116 valence electrons. The number of ether oxygens (including phenoxy) is 2. The average molecular weight is 300 g/mol. The molecule has 2 aromatic rings. The highest BCUT2D eigenvalue weighted by atomic mass is 16.5. The summed E-state index contributed by atoms with van der Waals surface area (Å²) in [6.45, 7) is 1.67. The van der Waals surface area contributed by atoms with Crippen LogP contribution in [-0.2, 0) is 16.1 Å². The van der Waals surface area contributed by atoms with Gasteiger partial charge in [0.15, 0.2) is 0 Å². The van der Waals surface area contributed by atoms with Gasteiger partial charge in [-0.1, -0.05) is 30.3 Å². The van der Waals surface area contributed by atoms with Crippen LogP contribution in [0.2, 0.25) is 0 Å². The van der Waals surface area contributed by atoms with Crippen molar-refractivity contribution in [3.8, 4) is 0 Å². The van der Waals surface area contributed by atoms with E-state index in [9.17, 15) is 4.79 Å².